The van der Waals surface area contributed by atoms with Gasteiger partial charge in [0.2, 0.25) is 10.0 Å². The number of hydrogen-bond acceptors (Lipinski definition) is 6. The summed E-state index contributed by atoms with van der Waals surface area (Å²) in [7, 11) is -3.70. The van der Waals surface area contributed by atoms with Gasteiger partial charge in [0, 0.05) is 6.04 Å². The molecule has 0 bridgehead atoms. The van der Waals surface area contributed by atoms with Crippen LogP contribution in [0.2, 0.25) is 0 Å². The molecular weight excluding hydrogens is 346 g/mol. The van der Waals surface area contributed by atoms with Crippen molar-refractivity contribution in [2.75, 3.05) is 6.61 Å². The van der Waals surface area contributed by atoms with Gasteiger partial charge >= 0.3 is 0 Å². The summed E-state index contributed by atoms with van der Waals surface area (Å²) in [4.78, 5) is 0.145. The van der Waals surface area contributed by atoms with Crippen molar-refractivity contribution in [3.8, 4) is 5.75 Å². The number of rotatable bonds is 6. The molecule has 0 aliphatic heterocycles. The van der Waals surface area contributed by atoms with Crippen LogP contribution in [0.4, 0.5) is 0 Å². The number of nitrogens with zero attached hydrogens (tertiary/aromatic N) is 2. The largest absolute Gasteiger partial charge is 0.494 e. The highest BCUT2D eigenvalue weighted by Crippen LogP contribution is 2.24. The van der Waals surface area contributed by atoms with Crippen LogP contribution >= 0.6 is 11.7 Å². The van der Waals surface area contributed by atoms with E-state index in [2.05, 4.69) is 13.5 Å². The summed E-state index contributed by atoms with van der Waals surface area (Å²) in [6, 6.07) is 11.9. The van der Waals surface area contributed by atoms with E-state index in [9.17, 15) is 8.42 Å². The second kappa shape index (κ2) is 6.84. The molecular formula is C16H17N3O3S2. The number of ether oxygens (including phenoxy) is 1. The third kappa shape index (κ3) is 3.40. The fourth-order valence-corrected chi connectivity index (χ4v) is 4.38. The minimum atomic E-state index is -3.70. The molecule has 24 heavy (non-hydrogen) atoms. The van der Waals surface area contributed by atoms with Crippen molar-refractivity contribution in [3.63, 3.8) is 0 Å². The lowest BCUT2D eigenvalue weighted by molar-refractivity contribution is 0.340. The predicted molar refractivity (Wildman–Crippen MR) is 93.8 cm³/mol. The summed E-state index contributed by atoms with van der Waals surface area (Å²) >= 11 is 0.998. The van der Waals surface area contributed by atoms with E-state index >= 15 is 0 Å². The summed E-state index contributed by atoms with van der Waals surface area (Å²) in [6.07, 6.45) is 0. The second-order valence-corrected chi connectivity index (χ2v) is 7.44. The van der Waals surface area contributed by atoms with Crippen molar-refractivity contribution in [3.05, 3.63) is 48.0 Å². The van der Waals surface area contributed by atoms with Gasteiger partial charge in [0.1, 0.15) is 21.7 Å². The van der Waals surface area contributed by atoms with E-state index in [4.69, 9.17) is 4.74 Å². The number of aromatic nitrogens is 2. The maximum absolute atomic E-state index is 12.7. The number of nitrogens with one attached hydrogen (secondary N) is 1. The zero-order chi connectivity index (χ0) is 17.2. The molecule has 0 aliphatic carbocycles. The Hall–Kier alpha value is -2.03. The Kier molecular flexibility index (Phi) is 4.79. The molecule has 1 atom stereocenters. The fourth-order valence-electron chi connectivity index (χ4n) is 2.38. The topological polar surface area (TPSA) is 81.2 Å². The Bertz CT molecular complexity index is 937. The van der Waals surface area contributed by atoms with Crippen molar-refractivity contribution in [1.82, 2.24) is 13.5 Å². The Morgan fingerprint density at radius 2 is 1.92 bits per heavy atom. The Morgan fingerprint density at radius 3 is 2.62 bits per heavy atom. The van der Waals surface area contributed by atoms with Crippen molar-refractivity contribution >= 4 is 32.8 Å². The monoisotopic (exact) mass is 363 g/mol. The van der Waals surface area contributed by atoms with Crippen LogP contribution in [-0.2, 0) is 10.0 Å². The standard InChI is InChI=1S/C16H17N3O3S2/c1-3-22-13-9-7-12(8-10-13)11(2)19-24(20,21)15-6-4-5-14-16(15)18-23-17-14/h4-11,19H,3H2,1-2H3. The molecule has 3 aromatic rings. The highest BCUT2D eigenvalue weighted by Gasteiger charge is 2.22. The number of hydrogen-bond donors (Lipinski definition) is 1. The molecule has 0 amide bonds. The molecule has 0 fully saturated rings. The number of fused-ring (bicyclic) bond motifs is 1. The van der Waals surface area contributed by atoms with Crippen LogP contribution in [0.5, 0.6) is 5.75 Å². The van der Waals surface area contributed by atoms with Crippen LogP contribution < -0.4 is 9.46 Å². The smallest absolute Gasteiger partial charge is 0.243 e. The van der Waals surface area contributed by atoms with Crippen molar-refractivity contribution in [2.45, 2.75) is 24.8 Å². The fraction of sp³-hybridized carbons (Fsp3) is 0.250. The first kappa shape index (κ1) is 16.8. The number of benzene rings is 2. The lowest BCUT2D eigenvalue weighted by Gasteiger charge is -2.15. The Labute approximate surface area is 144 Å². The zero-order valence-corrected chi connectivity index (χ0v) is 14.9. The molecule has 0 saturated heterocycles. The van der Waals surface area contributed by atoms with Crippen molar-refractivity contribution in [1.29, 1.82) is 0 Å². The van der Waals surface area contributed by atoms with Gasteiger partial charge in [-0.2, -0.15) is 8.75 Å². The van der Waals surface area contributed by atoms with E-state index in [0.717, 1.165) is 23.0 Å². The van der Waals surface area contributed by atoms with E-state index in [1.807, 2.05) is 31.2 Å². The predicted octanol–water partition coefficient (Wildman–Crippen LogP) is 3.13. The molecule has 0 saturated carbocycles. The van der Waals surface area contributed by atoms with Gasteiger partial charge in [-0.1, -0.05) is 18.2 Å². The molecule has 8 heteroatoms. The van der Waals surface area contributed by atoms with Gasteiger partial charge < -0.3 is 4.74 Å². The SMILES string of the molecule is CCOc1ccc(C(C)NS(=O)(=O)c2cccc3nsnc23)cc1. The number of sulfonamides is 1. The molecule has 1 heterocycles. The van der Waals surface area contributed by atoms with Gasteiger partial charge in [-0.15, -0.1) is 0 Å². The highest BCUT2D eigenvalue weighted by molar-refractivity contribution is 7.89. The minimum absolute atomic E-state index is 0.145. The first-order valence-corrected chi connectivity index (χ1v) is 9.69. The summed E-state index contributed by atoms with van der Waals surface area (Å²) in [5.74, 6) is 0.759. The van der Waals surface area contributed by atoms with Gasteiger partial charge in [-0.05, 0) is 43.7 Å². The van der Waals surface area contributed by atoms with E-state index in [-0.39, 0.29) is 10.9 Å². The second-order valence-electron chi connectivity index (χ2n) is 5.23. The lowest BCUT2D eigenvalue weighted by atomic mass is 10.1. The van der Waals surface area contributed by atoms with E-state index < -0.39 is 10.0 Å². The van der Waals surface area contributed by atoms with Crippen LogP contribution in [0, 0.1) is 0 Å². The first-order chi connectivity index (χ1) is 11.5. The van der Waals surface area contributed by atoms with Gasteiger partial charge in [0.25, 0.3) is 0 Å². The third-order valence-electron chi connectivity index (χ3n) is 3.56. The van der Waals surface area contributed by atoms with Crippen molar-refractivity contribution < 1.29 is 13.2 Å². The average molecular weight is 363 g/mol. The van der Waals surface area contributed by atoms with Gasteiger partial charge in [-0.3, -0.25) is 0 Å². The average Bonchev–Trinajstić information content (AvgIpc) is 3.03. The zero-order valence-electron chi connectivity index (χ0n) is 13.3. The lowest BCUT2D eigenvalue weighted by Crippen LogP contribution is -2.27. The molecule has 3 rings (SSSR count). The third-order valence-corrected chi connectivity index (χ3v) is 5.68. The first-order valence-electron chi connectivity index (χ1n) is 7.47. The normalized spacial score (nSPS) is 13.1. The summed E-state index contributed by atoms with van der Waals surface area (Å²) in [6.45, 7) is 4.30. The molecule has 0 spiro atoms. The van der Waals surface area contributed by atoms with Crippen LogP contribution in [0.3, 0.4) is 0 Å². The van der Waals surface area contributed by atoms with Crippen LogP contribution in [0.1, 0.15) is 25.5 Å². The minimum Gasteiger partial charge on any atom is -0.494 e. The Balaban J connectivity index is 1.84. The quantitative estimate of drug-likeness (QED) is 0.728. The molecule has 6 nitrogen and oxygen atoms in total. The highest BCUT2D eigenvalue weighted by atomic mass is 32.2. The maximum atomic E-state index is 12.7. The molecule has 2 aromatic carbocycles. The van der Waals surface area contributed by atoms with E-state index in [1.54, 1.807) is 19.1 Å². The summed E-state index contributed by atoms with van der Waals surface area (Å²) < 4.78 is 41.7. The van der Waals surface area contributed by atoms with Gasteiger partial charge in [-0.25, -0.2) is 13.1 Å². The maximum Gasteiger partial charge on any atom is 0.243 e. The molecule has 0 radical (unpaired) electrons. The van der Waals surface area contributed by atoms with E-state index in [0.29, 0.717) is 17.6 Å². The molecule has 1 unspecified atom stereocenters. The molecule has 126 valence electrons. The van der Waals surface area contributed by atoms with Crippen molar-refractivity contribution in [2.24, 2.45) is 0 Å². The molecule has 1 N–H and O–H groups in total. The van der Waals surface area contributed by atoms with Gasteiger partial charge in [0.05, 0.1) is 18.3 Å². The van der Waals surface area contributed by atoms with Gasteiger partial charge in [0.15, 0.2) is 0 Å². The van der Waals surface area contributed by atoms with E-state index in [1.165, 1.54) is 6.07 Å². The van der Waals surface area contributed by atoms with Crippen LogP contribution in [-0.4, -0.2) is 23.8 Å². The summed E-state index contributed by atoms with van der Waals surface area (Å²) in [5.41, 5.74) is 1.83. The molecule has 1 aromatic heterocycles. The Morgan fingerprint density at radius 1 is 1.17 bits per heavy atom. The molecule has 0 aliphatic rings. The summed E-state index contributed by atoms with van der Waals surface area (Å²) in [5, 5.41) is 0. The van der Waals surface area contributed by atoms with Crippen LogP contribution in [0.15, 0.2) is 47.4 Å². The van der Waals surface area contributed by atoms with Crippen LogP contribution in [0.25, 0.3) is 11.0 Å².